The van der Waals surface area contributed by atoms with E-state index in [-0.39, 0.29) is 18.2 Å². The van der Waals surface area contributed by atoms with Crippen LogP contribution in [0.4, 0.5) is 10.7 Å². The number of hydrogen-bond acceptors (Lipinski definition) is 9. The molecular formula is C40H43N3O7S2. The first-order chi connectivity index (χ1) is 25.3. The number of carbonyl (C=O) groups is 4. The second-order valence-electron chi connectivity index (χ2n) is 11.9. The number of nitrogens with one attached hydrogen (secondary N) is 3. The van der Waals surface area contributed by atoms with Crippen LogP contribution in [0.2, 0.25) is 0 Å². The predicted octanol–water partition coefficient (Wildman–Crippen LogP) is 8.13. The first kappa shape index (κ1) is 38.2. The molecule has 1 atom stereocenters. The maximum atomic E-state index is 13.8. The van der Waals surface area contributed by atoms with Crippen molar-refractivity contribution in [3.8, 4) is 11.5 Å². The molecule has 5 rings (SSSR count). The van der Waals surface area contributed by atoms with Gasteiger partial charge in [0, 0.05) is 26.6 Å². The number of esters is 1. The average molecular weight is 742 g/mol. The van der Waals surface area contributed by atoms with E-state index in [2.05, 4.69) is 16.0 Å². The quantitative estimate of drug-likeness (QED) is 0.0511. The van der Waals surface area contributed by atoms with Gasteiger partial charge in [-0.05, 0) is 87.1 Å². The van der Waals surface area contributed by atoms with E-state index in [1.165, 1.54) is 43.4 Å². The molecule has 12 heteroatoms. The third-order valence-electron chi connectivity index (χ3n) is 8.43. The molecule has 3 aromatic carbocycles. The molecule has 0 radical (unpaired) electrons. The van der Waals surface area contributed by atoms with Gasteiger partial charge in [0.05, 0.1) is 31.6 Å². The summed E-state index contributed by atoms with van der Waals surface area (Å²) in [5.74, 6) is -0.775. The molecule has 1 aromatic heterocycles. The number of carbonyl (C=O) groups excluding carboxylic acids is 4. The minimum atomic E-state index is -0.565. The number of anilines is 2. The van der Waals surface area contributed by atoms with Gasteiger partial charge >= 0.3 is 5.97 Å². The van der Waals surface area contributed by atoms with Crippen molar-refractivity contribution in [2.45, 2.75) is 62.5 Å². The molecule has 1 unspecified atom stereocenters. The van der Waals surface area contributed by atoms with Gasteiger partial charge in [-0.1, -0.05) is 49.7 Å². The third-order valence-corrected chi connectivity index (χ3v) is 11.0. The smallest absolute Gasteiger partial charge is 0.341 e. The van der Waals surface area contributed by atoms with E-state index in [0.29, 0.717) is 45.3 Å². The summed E-state index contributed by atoms with van der Waals surface area (Å²) in [6, 6.07) is 21.0. The lowest BCUT2D eigenvalue weighted by Gasteiger charge is -2.16. The lowest BCUT2D eigenvalue weighted by atomic mass is 10.1. The van der Waals surface area contributed by atoms with Gasteiger partial charge < -0.3 is 30.2 Å². The van der Waals surface area contributed by atoms with Gasteiger partial charge in [0.25, 0.3) is 11.8 Å². The summed E-state index contributed by atoms with van der Waals surface area (Å²) >= 11 is 2.83. The topological polar surface area (TPSA) is 132 Å². The molecule has 10 nitrogen and oxygen atoms in total. The van der Waals surface area contributed by atoms with Crippen molar-refractivity contribution in [1.29, 1.82) is 0 Å². The number of fused-ring (bicyclic) bond motifs is 1. The molecule has 0 bridgehead atoms. The Balaban J connectivity index is 1.35. The highest BCUT2D eigenvalue weighted by Gasteiger charge is 2.28. The molecule has 1 aliphatic rings. The largest absolute Gasteiger partial charge is 0.493 e. The average Bonchev–Trinajstić information content (AvgIpc) is 3.33. The Hall–Kier alpha value is -5.07. The Morgan fingerprint density at radius 3 is 2.38 bits per heavy atom. The van der Waals surface area contributed by atoms with Crippen molar-refractivity contribution in [2.75, 3.05) is 31.5 Å². The molecule has 4 aromatic rings. The number of rotatable bonds is 14. The minimum Gasteiger partial charge on any atom is -0.493 e. The molecule has 52 heavy (non-hydrogen) atoms. The van der Waals surface area contributed by atoms with E-state index in [0.717, 1.165) is 47.4 Å². The zero-order valence-corrected chi connectivity index (χ0v) is 31.3. The molecule has 1 heterocycles. The van der Waals surface area contributed by atoms with Crippen LogP contribution in [-0.2, 0) is 27.2 Å². The second-order valence-corrected chi connectivity index (χ2v) is 14.3. The van der Waals surface area contributed by atoms with Crippen molar-refractivity contribution in [3.05, 3.63) is 106 Å². The molecule has 272 valence electrons. The van der Waals surface area contributed by atoms with Gasteiger partial charge in [-0.3, -0.25) is 14.4 Å². The molecule has 1 aliphatic carbocycles. The van der Waals surface area contributed by atoms with Gasteiger partial charge in [0.15, 0.2) is 11.5 Å². The number of amides is 3. The van der Waals surface area contributed by atoms with Gasteiger partial charge in [-0.25, -0.2) is 4.79 Å². The summed E-state index contributed by atoms with van der Waals surface area (Å²) in [4.78, 5) is 55.6. The summed E-state index contributed by atoms with van der Waals surface area (Å²) < 4.78 is 16.4. The van der Waals surface area contributed by atoms with Gasteiger partial charge in [-0.2, -0.15) is 0 Å². The molecule has 0 saturated heterocycles. The Kier molecular flexibility index (Phi) is 13.5. The van der Waals surface area contributed by atoms with Gasteiger partial charge in [0.1, 0.15) is 10.7 Å². The third kappa shape index (κ3) is 9.42. The Bertz CT molecular complexity index is 1940. The lowest BCUT2D eigenvalue weighted by Crippen LogP contribution is -2.30. The van der Waals surface area contributed by atoms with Crippen molar-refractivity contribution in [3.63, 3.8) is 0 Å². The Morgan fingerprint density at radius 2 is 1.65 bits per heavy atom. The predicted molar refractivity (Wildman–Crippen MR) is 207 cm³/mol. The first-order valence-corrected chi connectivity index (χ1v) is 18.9. The molecule has 0 saturated carbocycles. The van der Waals surface area contributed by atoms with Crippen LogP contribution in [0, 0.1) is 0 Å². The zero-order valence-electron chi connectivity index (χ0n) is 29.7. The monoisotopic (exact) mass is 741 g/mol. The number of ether oxygens (including phenoxy) is 3. The highest BCUT2D eigenvalue weighted by Crippen LogP contribution is 2.39. The number of aryl methyl sites for hydroxylation is 1. The highest BCUT2D eigenvalue weighted by atomic mass is 32.2. The maximum absolute atomic E-state index is 13.8. The van der Waals surface area contributed by atoms with Crippen LogP contribution in [0.3, 0.4) is 0 Å². The highest BCUT2D eigenvalue weighted by molar-refractivity contribution is 8.00. The van der Waals surface area contributed by atoms with Crippen LogP contribution in [0.15, 0.2) is 83.4 Å². The standard InChI is InChI=1S/C40H43N3O7S2/c1-5-32(38(46)43-39-34(40(47)50-6-2)29-20-11-8-12-22-33(29)52-39)51-28-19-14-18-27(24-28)41-37(45)30(42-36(44)25-15-9-7-10-16-25)23-26-17-13-21-31(48-3)35(26)49-4/h7,9-10,13-19,21,23-24,32H,5-6,8,11-12,20,22H2,1-4H3,(H,41,45)(H,42,44)(H,43,46)/b30-23+. The van der Waals surface area contributed by atoms with Crippen molar-refractivity contribution < 1.29 is 33.4 Å². The molecule has 0 aliphatic heterocycles. The summed E-state index contributed by atoms with van der Waals surface area (Å²) in [5, 5.41) is 8.76. The lowest BCUT2D eigenvalue weighted by molar-refractivity contribution is -0.116. The number of para-hydroxylation sites is 1. The molecule has 3 N–H and O–H groups in total. The molecule has 3 amide bonds. The first-order valence-electron chi connectivity index (χ1n) is 17.3. The van der Waals surface area contributed by atoms with Crippen LogP contribution >= 0.6 is 23.1 Å². The van der Waals surface area contributed by atoms with E-state index in [4.69, 9.17) is 14.2 Å². The normalized spacial score (nSPS) is 13.2. The van der Waals surface area contributed by atoms with E-state index >= 15 is 0 Å². The van der Waals surface area contributed by atoms with Crippen LogP contribution < -0.4 is 25.4 Å². The van der Waals surface area contributed by atoms with Crippen molar-refractivity contribution in [1.82, 2.24) is 5.32 Å². The summed E-state index contributed by atoms with van der Waals surface area (Å²) in [6.45, 7) is 3.96. The summed E-state index contributed by atoms with van der Waals surface area (Å²) in [7, 11) is 3.02. The van der Waals surface area contributed by atoms with Crippen LogP contribution in [0.5, 0.6) is 11.5 Å². The Morgan fingerprint density at radius 1 is 0.885 bits per heavy atom. The molecule has 0 spiro atoms. The number of benzene rings is 3. The van der Waals surface area contributed by atoms with E-state index in [1.54, 1.807) is 73.7 Å². The fourth-order valence-electron chi connectivity index (χ4n) is 5.90. The van der Waals surface area contributed by atoms with E-state index < -0.39 is 23.0 Å². The number of thiophene rings is 1. The van der Waals surface area contributed by atoms with Crippen LogP contribution in [-0.4, -0.2) is 49.8 Å². The SMILES string of the molecule is CCOC(=O)c1c(NC(=O)C(CC)Sc2cccc(NC(=O)/C(=C\c3cccc(OC)c3OC)NC(=O)c3ccccc3)c2)sc2c1CCCCC2. The Labute approximate surface area is 312 Å². The van der Waals surface area contributed by atoms with E-state index in [1.807, 2.05) is 13.0 Å². The minimum absolute atomic E-state index is 0.0176. The van der Waals surface area contributed by atoms with Crippen molar-refractivity contribution >= 4 is 63.6 Å². The zero-order chi connectivity index (χ0) is 37.0. The second kappa shape index (κ2) is 18.4. The maximum Gasteiger partial charge on any atom is 0.341 e. The number of thioether (sulfide) groups is 1. The molecular weight excluding hydrogens is 699 g/mol. The van der Waals surface area contributed by atoms with Gasteiger partial charge in [-0.15, -0.1) is 23.1 Å². The van der Waals surface area contributed by atoms with Crippen LogP contribution in [0.25, 0.3) is 6.08 Å². The fraction of sp³-hybridized carbons (Fsp3) is 0.300. The number of hydrogen-bond donors (Lipinski definition) is 3. The van der Waals surface area contributed by atoms with Crippen LogP contribution in [0.1, 0.15) is 76.3 Å². The number of methoxy groups -OCH3 is 2. The summed E-state index contributed by atoms with van der Waals surface area (Å²) in [6.07, 6.45) is 6.88. The van der Waals surface area contributed by atoms with Gasteiger partial charge in [0.2, 0.25) is 5.91 Å². The molecule has 0 fully saturated rings. The van der Waals surface area contributed by atoms with E-state index in [9.17, 15) is 19.2 Å². The summed E-state index contributed by atoms with van der Waals surface area (Å²) in [5.41, 5.74) is 2.84. The fourth-order valence-corrected chi connectivity index (χ4v) is 8.19. The van der Waals surface area contributed by atoms with Crippen molar-refractivity contribution in [2.24, 2.45) is 0 Å².